The van der Waals surface area contributed by atoms with Gasteiger partial charge in [0.1, 0.15) is 0 Å². The van der Waals surface area contributed by atoms with E-state index in [0.717, 1.165) is 28.4 Å². The molecule has 0 radical (unpaired) electrons. The number of aryl methyl sites for hydroxylation is 1. The second kappa shape index (κ2) is 9.93. The van der Waals surface area contributed by atoms with Gasteiger partial charge in [0.2, 0.25) is 0 Å². The van der Waals surface area contributed by atoms with Gasteiger partial charge in [-0.15, -0.1) is 24.0 Å². The maximum absolute atomic E-state index is 4.62. The first kappa shape index (κ1) is 21.5. The number of rotatable bonds is 5. The summed E-state index contributed by atoms with van der Waals surface area (Å²) in [4.78, 5) is 6.47. The lowest BCUT2D eigenvalue weighted by Crippen LogP contribution is -2.38. The van der Waals surface area contributed by atoms with Crippen LogP contribution in [-0.2, 0) is 20.1 Å². The molecule has 0 spiro atoms. The topological polar surface area (TPSA) is 50.4 Å². The van der Waals surface area contributed by atoms with Crippen LogP contribution in [0.3, 0.4) is 0 Å². The first-order chi connectivity index (χ1) is 12.6. The van der Waals surface area contributed by atoms with Gasteiger partial charge in [-0.05, 0) is 40.2 Å². The van der Waals surface area contributed by atoms with Crippen LogP contribution >= 0.6 is 39.9 Å². The van der Waals surface area contributed by atoms with E-state index in [-0.39, 0.29) is 24.0 Å². The molecule has 0 aliphatic heterocycles. The number of benzene rings is 1. The third kappa shape index (κ3) is 5.58. The Bertz CT molecular complexity index is 887. The molecule has 8 heteroatoms. The van der Waals surface area contributed by atoms with E-state index in [1.54, 1.807) is 7.05 Å². The molecule has 27 heavy (non-hydrogen) atoms. The van der Waals surface area contributed by atoms with E-state index in [1.165, 1.54) is 5.69 Å². The lowest BCUT2D eigenvalue weighted by Gasteiger charge is -2.22. The molecule has 2 aromatic heterocycles. The zero-order valence-electron chi connectivity index (χ0n) is 15.6. The Hall–Kier alpha value is -1.81. The maximum Gasteiger partial charge on any atom is 0.194 e. The standard InChI is InChI=1S/C19H23BrN6.HI/c1-21-19(25(3)14-18-11-15(20)13-24(18)2)22-12-16-9-10-26(23-16)17-7-5-4-6-8-17;/h4-11,13H,12,14H2,1-3H3,(H,21,22);1H. The van der Waals surface area contributed by atoms with Crippen LogP contribution in [0.25, 0.3) is 5.69 Å². The molecule has 0 aliphatic carbocycles. The molecule has 0 fully saturated rings. The van der Waals surface area contributed by atoms with Crippen molar-refractivity contribution in [1.82, 2.24) is 24.6 Å². The molecule has 0 saturated carbocycles. The molecule has 0 amide bonds. The molecule has 0 unspecified atom stereocenters. The average molecular weight is 543 g/mol. The van der Waals surface area contributed by atoms with Crippen molar-refractivity contribution in [3.63, 3.8) is 0 Å². The number of hydrogen-bond donors (Lipinski definition) is 1. The summed E-state index contributed by atoms with van der Waals surface area (Å²) in [5.41, 5.74) is 3.22. The van der Waals surface area contributed by atoms with Gasteiger partial charge in [-0.25, -0.2) is 4.68 Å². The molecule has 1 N–H and O–H groups in total. The molecule has 0 bridgehead atoms. The van der Waals surface area contributed by atoms with Gasteiger partial charge in [0.15, 0.2) is 5.96 Å². The fourth-order valence-corrected chi connectivity index (χ4v) is 3.35. The Morgan fingerprint density at radius 2 is 2.00 bits per heavy atom. The molecular weight excluding hydrogens is 519 g/mol. The number of nitrogens with one attached hydrogen (secondary N) is 1. The SMILES string of the molecule is CN=C(NCc1ccn(-c2ccccc2)n1)N(C)Cc1cc(Br)cn1C.I. The predicted molar refractivity (Wildman–Crippen MR) is 124 cm³/mol. The van der Waals surface area contributed by atoms with E-state index in [2.05, 4.69) is 53.1 Å². The van der Waals surface area contributed by atoms with Crippen molar-refractivity contribution in [2.75, 3.05) is 14.1 Å². The largest absolute Gasteiger partial charge is 0.352 e. The number of guanidine groups is 1. The minimum absolute atomic E-state index is 0. The lowest BCUT2D eigenvalue weighted by atomic mass is 10.3. The summed E-state index contributed by atoms with van der Waals surface area (Å²) in [6.07, 6.45) is 4.02. The van der Waals surface area contributed by atoms with Crippen molar-refractivity contribution in [2.24, 2.45) is 12.0 Å². The van der Waals surface area contributed by atoms with Gasteiger partial charge in [0.25, 0.3) is 0 Å². The second-order valence-corrected chi connectivity index (χ2v) is 7.02. The third-order valence-corrected chi connectivity index (χ3v) is 4.57. The maximum atomic E-state index is 4.62. The van der Waals surface area contributed by atoms with Crippen LogP contribution in [0.2, 0.25) is 0 Å². The van der Waals surface area contributed by atoms with Crippen LogP contribution in [0.5, 0.6) is 0 Å². The van der Waals surface area contributed by atoms with Gasteiger partial charge >= 0.3 is 0 Å². The van der Waals surface area contributed by atoms with Gasteiger partial charge < -0.3 is 14.8 Å². The summed E-state index contributed by atoms with van der Waals surface area (Å²) in [5, 5.41) is 7.99. The van der Waals surface area contributed by atoms with E-state index >= 15 is 0 Å². The number of halogens is 2. The molecule has 144 valence electrons. The van der Waals surface area contributed by atoms with Crippen LogP contribution in [-0.4, -0.2) is 39.3 Å². The Morgan fingerprint density at radius 1 is 1.26 bits per heavy atom. The summed E-state index contributed by atoms with van der Waals surface area (Å²) in [7, 11) is 5.86. The average Bonchev–Trinajstić information content (AvgIpc) is 3.23. The molecule has 3 rings (SSSR count). The van der Waals surface area contributed by atoms with E-state index in [1.807, 2.05) is 61.4 Å². The second-order valence-electron chi connectivity index (χ2n) is 6.10. The minimum Gasteiger partial charge on any atom is -0.352 e. The summed E-state index contributed by atoms with van der Waals surface area (Å²) < 4.78 is 5.07. The highest BCUT2D eigenvalue weighted by Gasteiger charge is 2.10. The number of nitrogens with zero attached hydrogens (tertiary/aromatic N) is 5. The molecule has 2 heterocycles. The number of aromatic nitrogens is 3. The van der Waals surface area contributed by atoms with Gasteiger partial charge in [0.05, 0.1) is 24.5 Å². The molecule has 3 aromatic rings. The van der Waals surface area contributed by atoms with E-state index < -0.39 is 0 Å². The van der Waals surface area contributed by atoms with Crippen molar-refractivity contribution >= 4 is 45.9 Å². The van der Waals surface area contributed by atoms with E-state index in [9.17, 15) is 0 Å². The fourth-order valence-electron chi connectivity index (χ4n) is 2.78. The van der Waals surface area contributed by atoms with Gasteiger partial charge in [-0.3, -0.25) is 4.99 Å². The Kier molecular flexibility index (Phi) is 7.91. The summed E-state index contributed by atoms with van der Waals surface area (Å²) in [5.74, 6) is 0.830. The van der Waals surface area contributed by atoms with E-state index in [0.29, 0.717) is 6.54 Å². The highest BCUT2D eigenvalue weighted by atomic mass is 127. The van der Waals surface area contributed by atoms with Crippen LogP contribution < -0.4 is 5.32 Å². The van der Waals surface area contributed by atoms with Crippen LogP contribution in [0, 0.1) is 0 Å². The van der Waals surface area contributed by atoms with E-state index in [4.69, 9.17) is 0 Å². The monoisotopic (exact) mass is 542 g/mol. The molecular formula is C19H24BrIN6. The van der Waals surface area contributed by atoms with Crippen molar-refractivity contribution in [3.05, 3.63) is 70.7 Å². The molecule has 1 aromatic carbocycles. The van der Waals surface area contributed by atoms with Gasteiger partial charge in [0, 0.05) is 43.7 Å². The predicted octanol–water partition coefficient (Wildman–Crippen LogP) is 3.80. The number of para-hydroxylation sites is 1. The molecule has 0 aliphatic rings. The summed E-state index contributed by atoms with van der Waals surface area (Å²) in [6, 6.07) is 14.2. The summed E-state index contributed by atoms with van der Waals surface area (Å²) >= 11 is 3.51. The number of hydrogen-bond acceptors (Lipinski definition) is 2. The van der Waals surface area contributed by atoms with Crippen molar-refractivity contribution < 1.29 is 0 Å². The fraction of sp³-hybridized carbons (Fsp3) is 0.263. The lowest BCUT2D eigenvalue weighted by molar-refractivity contribution is 0.461. The first-order valence-corrected chi connectivity index (χ1v) is 9.18. The Morgan fingerprint density at radius 3 is 2.63 bits per heavy atom. The van der Waals surface area contributed by atoms with Gasteiger partial charge in [-0.2, -0.15) is 5.10 Å². The normalized spacial score (nSPS) is 11.2. The Labute approximate surface area is 185 Å². The first-order valence-electron chi connectivity index (χ1n) is 8.39. The molecule has 0 atom stereocenters. The highest BCUT2D eigenvalue weighted by Crippen LogP contribution is 2.15. The smallest absolute Gasteiger partial charge is 0.194 e. The van der Waals surface area contributed by atoms with Crippen LogP contribution in [0.15, 0.2) is 64.3 Å². The van der Waals surface area contributed by atoms with Crippen molar-refractivity contribution in [3.8, 4) is 5.69 Å². The van der Waals surface area contributed by atoms with Crippen molar-refractivity contribution in [1.29, 1.82) is 0 Å². The highest BCUT2D eigenvalue weighted by molar-refractivity contribution is 14.0. The van der Waals surface area contributed by atoms with Crippen LogP contribution in [0.1, 0.15) is 11.4 Å². The van der Waals surface area contributed by atoms with Gasteiger partial charge in [-0.1, -0.05) is 18.2 Å². The zero-order chi connectivity index (χ0) is 18.5. The molecule has 6 nitrogen and oxygen atoms in total. The van der Waals surface area contributed by atoms with Crippen molar-refractivity contribution in [2.45, 2.75) is 13.1 Å². The minimum atomic E-state index is 0. The van der Waals surface area contributed by atoms with Crippen LogP contribution in [0.4, 0.5) is 0 Å². The Balaban J connectivity index is 0.00000261. The number of aliphatic imine (C=N–C) groups is 1. The quantitative estimate of drug-likeness (QED) is 0.303. The zero-order valence-corrected chi connectivity index (χ0v) is 19.5. The summed E-state index contributed by atoms with van der Waals surface area (Å²) in [6.45, 7) is 1.38. The third-order valence-electron chi connectivity index (χ3n) is 4.14. The molecule has 0 saturated heterocycles.